The Morgan fingerprint density at radius 2 is 2.33 bits per heavy atom. The smallest absolute Gasteiger partial charge is 0.328 e. The molecule has 0 aliphatic rings. The lowest BCUT2D eigenvalue weighted by Crippen LogP contribution is -2.43. The van der Waals surface area contributed by atoms with Crippen LogP contribution in [0.15, 0.2) is 17.8 Å². The van der Waals surface area contributed by atoms with Crippen molar-refractivity contribution in [2.75, 3.05) is 6.61 Å². The van der Waals surface area contributed by atoms with E-state index in [1.807, 2.05) is 11.6 Å². The fourth-order valence-corrected chi connectivity index (χ4v) is 2.18. The van der Waals surface area contributed by atoms with Crippen molar-refractivity contribution in [1.82, 2.24) is 14.7 Å². The summed E-state index contributed by atoms with van der Waals surface area (Å²) in [5.41, 5.74) is 0.557. The topological polar surface area (TPSA) is 104 Å². The van der Waals surface area contributed by atoms with Gasteiger partial charge in [-0.25, -0.2) is 9.78 Å². The maximum absolute atomic E-state index is 11.6. The first-order valence-electron chi connectivity index (χ1n) is 5.14. The number of aromatic nitrogens is 2. The summed E-state index contributed by atoms with van der Waals surface area (Å²) in [5, 5.41) is 21.5. The average Bonchev–Trinajstić information content (AvgIpc) is 2.85. The molecule has 0 saturated heterocycles. The van der Waals surface area contributed by atoms with Gasteiger partial charge in [-0.05, 0) is 0 Å². The van der Waals surface area contributed by atoms with Crippen molar-refractivity contribution in [1.29, 1.82) is 0 Å². The van der Waals surface area contributed by atoms with Crippen LogP contribution in [0.4, 0.5) is 0 Å². The Morgan fingerprint density at radius 1 is 1.56 bits per heavy atom. The van der Waals surface area contributed by atoms with Crippen LogP contribution in [0, 0.1) is 0 Å². The molecule has 0 fully saturated rings. The number of carbonyl (C=O) groups excluding carboxylic acids is 1. The number of amides is 1. The van der Waals surface area contributed by atoms with Crippen molar-refractivity contribution < 1.29 is 19.8 Å². The van der Waals surface area contributed by atoms with Gasteiger partial charge in [0.25, 0.3) is 0 Å². The summed E-state index contributed by atoms with van der Waals surface area (Å²) in [7, 11) is 0. The molecule has 0 aliphatic heterocycles. The van der Waals surface area contributed by atoms with Crippen LogP contribution in [0.5, 0.6) is 0 Å². The summed E-state index contributed by atoms with van der Waals surface area (Å²) >= 11 is 1.44. The van der Waals surface area contributed by atoms with Gasteiger partial charge < -0.3 is 15.5 Å². The first-order chi connectivity index (χ1) is 8.60. The summed E-state index contributed by atoms with van der Waals surface area (Å²) in [6.45, 7) is -0.640. The van der Waals surface area contributed by atoms with Crippen LogP contribution in [-0.2, 0) is 16.0 Å². The van der Waals surface area contributed by atoms with Gasteiger partial charge in [0.05, 0.1) is 18.7 Å². The van der Waals surface area contributed by atoms with Gasteiger partial charge in [-0.15, -0.1) is 11.3 Å². The molecule has 2 aromatic rings. The second-order valence-corrected chi connectivity index (χ2v) is 4.52. The number of aliphatic carboxylic acids is 1. The van der Waals surface area contributed by atoms with Crippen LogP contribution >= 0.6 is 11.3 Å². The maximum Gasteiger partial charge on any atom is 0.328 e. The summed E-state index contributed by atoms with van der Waals surface area (Å²) in [5.74, 6) is -1.75. The molecule has 2 heterocycles. The highest BCUT2D eigenvalue weighted by molar-refractivity contribution is 7.15. The largest absolute Gasteiger partial charge is 0.480 e. The third-order valence-corrected chi connectivity index (χ3v) is 3.07. The number of aliphatic hydroxyl groups is 1. The third kappa shape index (κ3) is 2.66. The van der Waals surface area contributed by atoms with E-state index in [1.165, 1.54) is 11.3 Å². The number of fused-ring (bicyclic) bond motifs is 1. The van der Waals surface area contributed by atoms with Gasteiger partial charge in [-0.1, -0.05) is 0 Å². The molecule has 1 amide bonds. The number of hydrogen-bond acceptors (Lipinski definition) is 5. The molecule has 0 aromatic carbocycles. The zero-order chi connectivity index (χ0) is 13.1. The Hall–Kier alpha value is -1.93. The van der Waals surface area contributed by atoms with E-state index in [1.54, 1.807) is 10.6 Å². The fourth-order valence-electron chi connectivity index (χ4n) is 1.46. The Morgan fingerprint density at radius 3 is 2.94 bits per heavy atom. The lowest BCUT2D eigenvalue weighted by atomic mass is 10.2. The molecule has 0 bridgehead atoms. The molecule has 3 N–H and O–H groups in total. The zero-order valence-corrected chi connectivity index (χ0v) is 10.1. The van der Waals surface area contributed by atoms with Crippen LogP contribution in [0.3, 0.4) is 0 Å². The van der Waals surface area contributed by atoms with Crippen LogP contribution in [0.25, 0.3) is 4.96 Å². The molecule has 0 radical (unpaired) electrons. The molecular weight excluding hydrogens is 258 g/mol. The summed E-state index contributed by atoms with van der Waals surface area (Å²) in [6.07, 6.45) is 3.51. The fraction of sp³-hybridized carbons (Fsp3) is 0.300. The molecule has 0 unspecified atom stereocenters. The maximum atomic E-state index is 11.6. The Kier molecular flexibility index (Phi) is 3.58. The Bertz CT molecular complexity index is 548. The minimum atomic E-state index is -1.28. The van der Waals surface area contributed by atoms with Crippen molar-refractivity contribution in [3.8, 4) is 0 Å². The lowest BCUT2D eigenvalue weighted by molar-refractivity contribution is -0.142. The monoisotopic (exact) mass is 269 g/mol. The third-order valence-electron chi connectivity index (χ3n) is 2.30. The number of aliphatic hydroxyl groups excluding tert-OH is 1. The van der Waals surface area contributed by atoms with E-state index in [4.69, 9.17) is 10.2 Å². The summed E-state index contributed by atoms with van der Waals surface area (Å²) < 4.78 is 1.79. The number of nitrogens with one attached hydrogen (secondary N) is 1. The Balaban J connectivity index is 1.99. The lowest BCUT2D eigenvalue weighted by Gasteiger charge is -2.10. The van der Waals surface area contributed by atoms with Gasteiger partial charge in [0.15, 0.2) is 4.96 Å². The molecule has 18 heavy (non-hydrogen) atoms. The normalized spacial score (nSPS) is 12.5. The standard InChI is InChI=1S/C10H11N3O4S/c14-5-7(9(16)17)12-8(15)3-6-4-13-1-2-18-10(13)11-6/h1-2,4,7,14H,3,5H2,(H,12,15)(H,16,17)/t7-/m1/s1. The highest BCUT2D eigenvalue weighted by atomic mass is 32.1. The van der Waals surface area contributed by atoms with Crippen molar-refractivity contribution in [2.24, 2.45) is 0 Å². The van der Waals surface area contributed by atoms with Gasteiger partial charge >= 0.3 is 5.97 Å². The van der Waals surface area contributed by atoms with E-state index < -0.39 is 24.5 Å². The highest BCUT2D eigenvalue weighted by Crippen LogP contribution is 2.11. The van der Waals surface area contributed by atoms with Crippen molar-refractivity contribution >= 4 is 28.2 Å². The van der Waals surface area contributed by atoms with Crippen molar-refractivity contribution in [2.45, 2.75) is 12.5 Å². The molecule has 0 aliphatic carbocycles. The van der Waals surface area contributed by atoms with E-state index >= 15 is 0 Å². The van der Waals surface area contributed by atoms with Crippen LogP contribution in [-0.4, -0.2) is 44.1 Å². The first-order valence-corrected chi connectivity index (χ1v) is 6.02. The van der Waals surface area contributed by atoms with Gasteiger partial charge in [0.1, 0.15) is 6.04 Å². The average molecular weight is 269 g/mol. The summed E-state index contributed by atoms with van der Waals surface area (Å²) in [4.78, 5) is 27.2. The van der Waals surface area contributed by atoms with Crippen LogP contribution in [0.2, 0.25) is 0 Å². The molecule has 96 valence electrons. The second-order valence-electron chi connectivity index (χ2n) is 3.64. The molecular formula is C10H11N3O4S. The van der Waals surface area contributed by atoms with Gasteiger partial charge in [0, 0.05) is 17.8 Å². The SMILES string of the molecule is O=C(Cc1cn2ccsc2n1)N[C@H](CO)C(=O)O. The van der Waals surface area contributed by atoms with E-state index in [-0.39, 0.29) is 6.42 Å². The molecule has 2 rings (SSSR count). The van der Waals surface area contributed by atoms with Crippen molar-refractivity contribution in [3.05, 3.63) is 23.5 Å². The van der Waals surface area contributed by atoms with E-state index in [9.17, 15) is 9.59 Å². The quantitative estimate of drug-likeness (QED) is 0.679. The van der Waals surface area contributed by atoms with Crippen molar-refractivity contribution in [3.63, 3.8) is 0 Å². The minimum absolute atomic E-state index is 0.0157. The number of carboxylic acid groups (broad SMARTS) is 1. The second kappa shape index (κ2) is 5.15. The number of thiazole rings is 1. The number of carboxylic acids is 1. The first kappa shape index (κ1) is 12.5. The number of imidazole rings is 1. The predicted molar refractivity (Wildman–Crippen MR) is 63.4 cm³/mol. The Labute approximate surface area is 106 Å². The van der Waals surface area contributed by atoms with Crippen LogP contribution < -0.4 is 5.32 Å². The van der Waals surface area contributed by atoms with Gasteiger partial charge in [0.2, 0.25) is 5.91 Å². The zero-order valence-electron chi connectivity index (χ0n) is 9.24. The van der Waals surface area contributed by atoms with E-state index in [0.29, 0.717) is 5.69 Å². The molecule has 1 atom stereocenters. The predicted octanol–water partition coefficient (Wildman–Crippen LogP) is -0.500. The molecule has 0 spiro atoms. The highest BCUT2D eigenvalue weighted by Gasteiger charge is 2.19. The number of hydrogen-bond donors (Lipinski definition) is 3. The number of rotatable bonds is 5. The molecule has 7 nitrogen and oxygen atoms in total. The number of carbonyl (C=O) groups is 2. The van der Waals surface area contributed by atoms with Gasteiger partial charge in [-0.2, -0.15) is 0 Å². The molecule has 0 saturated carbocycles. The van der Waals surface area contributed by atoms with E-state index in [0.717, 1.165) is 4.96 Å². The summed E-state index contributed by atoms with van der Waals surface area (Å²) in [6, 6.07) is -1.28. The molecule has 2 aromatic heterocycles. The van der Waals surface area contributed by atoms with Gasteiger partial charge in [-0.3, -0.25) is 9.20 Å². The van der Waals surface area contributed by atoms with Crippen LogP contribution in [0.1, 0.15) is 5.69 Å². The molecule has 8 heteroatoms. The minimum Gasteiger partial charge on any atom is -0.480 e. The number of nitrogens with zero attached hydrogens (tertiary/aromatic N) is 2. The van der Waals surface area contributed by atoms with E-state index in [2.05, 4.69) is 10.3 Å².